The van der Waals surface area contributed by atoms with E-state index in [4.69, 9.17) is 10.5 Å². The number of nitrogens with one attached hydrogen (secondary N) is 1. The lowest BCUT2D eigenvalue weighted by Gasteiger charge is -2.27. The first-order chi connectivity index (χ1) is 25.5. The predicted molar refractivity (Wildman–Crippen MR) is 183 cm³/mol. The van der Waals surface area contributed by atoms with Crippen molar-refractivity contribution in [2.45, 2.75) is 49.9 Å². The number of amides is 1. The highest BCUT2D eigenvalue weighted by atomic mass is 19.4. The van der Waals surface area contributed by atoms with E-state index in [0.29, 0.717) is 47.6 Å². The molecule has 0 radical (unpaired) electrons. The number of likely N-dealkylation sites (N-methyl/N-ethyl adjacent to an activating group) is 1. The van der Waals surface area contributed by atoms with Gasteiger partial charge in [-0.2, -0.15) is 26.3 Å². The monoisotopic (exact) mass is 756 g/mol. The molecule has 54 heavy (non-hydrogen) atoms. The fourth-order valence-corrected chi connectivity index (χ4v) is 6.70. The summed E-state index contributed by atoms with van der Waals surface area (Å²) in [6, 6.07) is 9.01. The molecule has 2 atom stereocenters. The number of hydrogen-bond donors (Lipinski definition) is 2. The van der Waals surface area contributed by atoms with Gasteiger partial charge in [0.2, 0.25) is 0 Å². The third-order valence-electron chi connectivity index (χ3n) is 9.42. The number of ether oxygens (including phenoxy) is 1. The Balaban J connectivity index is 1.15. The van der Waals surface area contributed by atoms with Crippen molar-refractivity contribution in [3.63, 3.8) is 0 Å². The highest BCUT2D eigenvalue weighted by Gasteiger charge is 2.49. The number of rotatable bonds is 8. The smallest absolute Gasteiger partial charge is 0.417 e. The van der Waals surface area contributed by atoms with Gasteiger partial charge in [0, 0.05) is 49.4 Å². The third kappa shape index (κ3) is 6.94. The highest BCUT2D eigenvalue weighted by Crippen LogP contribution is 2.41. The number of nitrogens with two attached hydrogens (primary N) is 1. The van der Waals surface area contributed by atoms with Crippen LogP contribution in [0, 0.1) is 5.82 Å². The van der Waals surface area contributed by atoms with Crippen LogP contribution in [0.5, 0.6) is 5.75 Å². The van der Waals surface area contributed by atoms with Crippen LogP contribution in [0.3, 0.4) is 0 Å². The van der Waals surface area contributed by atoms with Crippen molar-refractivity contribution in [1.82, 2.24) is 14.5 Å². The third-order valence-corrected chi connectivity index (χ3v) is 9.42. The van der Waals surface area contributed by atoms with E-state index in [1.165, 1.54) is 30.7 Å². The Morgan fingerprint density at radius 3 is 2.56 bits per heavy atom. The van der Waals surface area contributed by atoms with Crippen LogP contribution in [0.15, 0.2) is 77.1 Å². The van der Waals surface area contributed by atoms with Crippen LogP contribution in [0.2, 0.25) is 0 Å². The molecule has 3 N–H and O–H groups in total. The van der Waals surface area contributed by atoms with Crippen LogP contribution in [-0.4, -0.2) is 64.8 Å². The number of guanidine groups is 1. The van der Waals surface area contributed by atoms with Gasteiger partial charge in [-0.15, -0.1) is 0 Å². The molecule has 11 nitrogen and oxygen atoms in total. The molecule has 3 aliphatic heterocycles. The second-order valence-corrected chi connectivity index (χ2v) is 13.1. The summed E-state index contributed by atoms with van der Waals surface area (Å²) in [6.07, 6.45) is -6.52. The molecule has 2 aromatic carbocycles. The molecule has 0 aliphatic carbocycles. The molecule has 0 saturated heterocycles. The minimum Gasteiger partial charge on any atom is -0.488 e. The lowest BCUT2D eigenvalue weighted by molar-refractivity contribution is -0.139. The fourth-order valence-electron chi connectivity index (χ4n) is 6.70. The Hall–Kier alpha value is -5.94. The summed E-state index contributed by atoms with van der Waals surface area (Å²) in [6.45, 7) is 0.680. The maximum Gasteiger partial charge on any atom is 0.417 e. The molecule has 18 heteroatoms. The summed E-state index contributed by atoms with van der Waals surface area (Å²) in [5.74, 6) is -1.72. The van der Waals surface area contributed by atoms with E-state index in [1.807, 2.05) is 11.9 Å². The number of carbonyl (C=O) groups excluding carboxylic acids is 2. The average Bonchev–Trinajstić information content (AvgIpc) is 3.65. The zero-order chi connectivity index (χ0) is 38.6. The van der Waals surface area contributed by atoms with Gasteiger partial charge in [0.25, 0.3) is 11.8 Å². The van der Waals surface area contributed by atoms with Crippen LogP contribution in [0.4, 0.5) is 42.2 Å². The van der Waals surface area contributed by atoms with E-state index >= 15 is 0 Å². The molecule has 0 saturated carbocycles. The molecule has 3 aliphatic rings. The lowest BCUT2D eigenvalue weighted by atomic mass is 9.84. The Bertz CT molecular complexity index is 2180. The van der Waals surface area contributed by atoms with Crippen LogP contribution in [0.1, 0.15) is 63.6 Å². The number of alkyl halides is 6. The zero-order valence-electron chi connectivity index (χ0n) is 28.4. The molecule has 7 rings (SSSR count). The van der Waals surface area contributed by atoms with Crippen molar-refractivity contribution in [3.8, 4) is 5.75 Å². The molecule has 5 heterocycles. The molecule has 4 aromatic rings. The van der Waals surface area contributed by atoms with Crippen LogP contribution >= 0.6 is 0 Å². The number of fused-ring (bicyclic) bond motifs is 2. The average molecular weight is 757 g/mol. The molecule has 0 spiro atoms. The normalized spacial score (nSPS) is 19.6. The number of anilines is 2. The first-order valence-electron chi connectivity index (χ1n) is 16.6. The standard InChI is InChI=1S/C36H31F7N8O3/c1-49-11-12-54-28-14-21(15-46-30(28)49)29-45-16-22-18-50(19-27(22)47-29)31(52)25-13-20(3-8-26(25)36(41,42)43)17-51-32(53)34(48-33(51)44,9-2-10-35(38,39)40)23-4-6-24(37)7-5-23/h3-8,13-16,18-19,29,47H,2,9-12,17H2,1H3,(H2,44,48)/t29?,34-/m1/s1. The van der Waals surface area contributed by atoms with Crippen molar-refractivity contribution in [2.24, 2.45) is 15.7 Å². The number of aromatic nitrogens is 2. The van der Waals surface area contributed by atoms with Crippen molar-refractivity contribution in [2.75, 3.05) is 30.4 Å². The second kappa shape index (κ2) is 13.5. The highest BCUT2D eigenvalue weighted by molar-refractivity contribution is 6.07. The summed E-state index contributed by atoms with van der Waals surface area (Å²) in [5.41, 5.74) is 3.84. The molecule has 0 bridgehead atoms. The topological polar surface area (TPSA) is 130 Å². The van der Waals surface area contributed by atoms with Crippen molar-refractivity contribution in [3.05, 3.63) is 106 Å². The Labute approximate surface area is 302 Å². The minimum atomic E-state index is -4.95. The van der Waals surface area contributed by atoms with Crippen molar-refractivity contribution in [1.29, 1.82) is 0 Å². The lowest BCUT2D eigenvalue weighted by Crippen LogP contribution is -2.42. The van der Waals surface area contributed by atoms with E-state index in [9.17, 15) is 40.3 Å². The van der Waals surface area contributed by atoms with E-state index in [1.54, 1.807) is 12.3 Å². The quantitative estimate of drug-likeness (QED) is 0.200. The molecular weight excluding hydrogens is 725 g/mol. The van der Waals surface area contributed by atoms with Gasteiger partial charge in [-0.25, -0.2) is 14.4 Å². The Morgan fingerprint density at radius 2 is 1.83 bits per heavy atom. The molecule has 282 valence electrons. The van der Waals surface area contributed by atoms with Gasteiger partial charge in [-0.3, -0.25) is 24.0 Å². The summed E-state index contributed by atoms with van der Waals surface area (Å²) >= 11 is 0. The number of carbonyl (C=O) groups is 2. The Morgan fingerprint density at radius 1 is 1.07 bits per heavy atom. The molecular formula is C36H31F7N8O3. The summed E-state index contributed by atoms with van der Waals surface area (Å²) in [5, 5.41) is 3.16. The van der Waals surface area contributed by atoms with E-state index in [0.717, 1.165) is 33.7 Å². The summed E-state index contributed by atoms with van der Waals surface area (Å²) in [7, 11) is 1.89. The number of aliphatic imine (C=N–C) groups is 2. The number of pyridine rings is 1. The first-order valence-corrected chi connectivity index (χ1v) is 16.6. The largest absolute Gasteiger partial charge is 0.488 e. The summed E-state index contributed by atoms with van der Waals surface area (Å²) < 4.78 is 103. The van der Waals surface area contributed by atoms with Crippen LogP contribution < -0.4 is 20.7 Å². The van der Waals surface area contributed by atoms with E-state index in [-0.39, 0.29) is 11.1 Å². The van der Waals surface area contributed by atoms with E-state index < -0.39 is 84.6 Å². The maximum atomic E-state index is 14.3. The maximum absolute atomic E-state index is 14.3. The van der Waals surface area contributed by atoms with E-state index in [2.05, 4.69) is 20.3 Å². The minimum absolute atomic E-state index is 0.0486. The first kappa shape index (κ1) is 36.4. The second-order valence-electron chi connectivity index (χ2n) is 13.1. The Kier molecular flexibility index (Phi) is 9.09. The van der Waals surface area contributed by atoms with Crippen molar-refractivity contribution >= 4 is 35.5 Å². The molecule has 2 aromatic heterocycles. The SMILES string of the molecule is CN1CCOc2cc(C3N=Cc4cn(C(=O)c5cc(CN6C(=O)[C@@](CCCC(F)(F)F)(c7ccc(F)cc7)N=C6N)ccc5C(F)(F)F)cc4N3)cnc21. The fraction of sp³-hybridized carbons (Fsp3) is 0.306. The summed E-state index contributed by atoms with van der Waals surface area (Å²) in [4.78, 5) is 43.8. The van der Waals surface area contributed by atoms with Gasteiger partial charge in [0.15, 0.2) is 23.1 Å². The zero-order valence-corrected chi connectivity index (χ0v) is 28.4. The molecule has 0 fully saturated rings. The van der Waals surface area contributed by atoms with Gasteiger partial charge >= 0.3 is 12.4 Å². The predicted octanol–water partition coefficient (Wildman–Crippen LogP) is 6.39. The molecule has 1 unspecified atom stereocenters. The molecule has 1 amide bonds. The van der Waals surface area contributed by atoms with Gasteiger partial charge in [0.05, 0.1) is 29.9 Å². The number of hydrogen-bond acceptors (Lipinski definition) is 9. The number of nitrogens with zero attached hydrogens (tertiary/aromatic N) is 6. The number of halogens is 7. The van der Waals surface area contributed by atoms with Gasteiger partial charge in [-0.1, -0.05) is 18.2 Å². The van der Waals surface area contributed by atoms with Gasteiger partial charge in [-0.05, 0) is 54.3 Å². The van der Waals surface area contributed by atoms with Gasteiger partial charge < -0.3 is 20.7 Å². The van der Waals surface area contributed by atoms with Crippen LogP contribution in [-0.2, 0) is 23.1 Å². The van der Waals surface area contributed by atoms with Crippen LogP contribution in [0.25, 0.3) is 0 Å². The van der Waals surface area contributed by atoms with Crippen molar-refractivity contribution < 1.29 is 45.1 Å². The number of benzene rings is 2. The van der Waals surface area contributed by atoms with Gasteiger partial charge in [0.1, 0.15) is 18.6 Å².